The summed E-state index contributed by atoms with van der Waals surface area (Å²) in [6, 6.07) is 2.70. The highest BCUT2D eigenvalue weighted by atomic mass is 32.2. The second-order valence-corrected chi connectivity index (χ2v) is 8.36. The van der Waals surface area contributed by atoms with Crippen LogP contribution in [0.4, 0.5) is 4.39 Å². The molecule has 114 valence electrons. The summed E-state index contributed by atoms with van der Waals surface area (Å²) >= 11 is 0. The Bertz CT molecular complexity index is 686. The third-order valence-corrected chi connectivity index (χ3v) is 5.68. The number of benzene rings is 1. The fraction of sp³-hybridized carbons (Fsp3) is 0.455. The van der Waals surface area contributed by atoms with E-state index in [-0.39, 0.29) is 11.4 Å². The number of sulfonamides is 1. The normalized spacial score (nSPS) is 12.8. The molecule has 0 heterocycles. The molecule has 0 atom stereocenters. The fourth-order valence-corrected chi connectivity index (χ4v) is 3.53. The Morgan fingerprint density at radius 2 is 1.85 bits per heavy atom. The second kappa shape index (κ2) is 6.17. The molecule has 9 heteroatoms. The highest BCUT2D eigenvalue weighted by Crippen LogP contribution is 2.22. The van der Waals surface area contributed by atoms with E-state index < -0.39 is 30.6 Å². The van der Waals surface area contributed by atoms with Crippen molar-refractivity contribution in [3.8, 4) is 0 Å². The first-order valence-electron chi connectivity index (χ1n) is 5.76. The smallest absolute Gasteiger partial charge is 0.245 e. The van der Waals surface area contributed by atoms with Gasteiger partial charge in [0.1, 0.15) is 10.7 Å². The lowest BCUT2D eigenvalue weighted by molar-refractivity contribution is 0.457. The van der Waals surface area contributed by atoms with E-state index in [1.807, 2.05) is 0 Å². The van der Waals surface area contributed by atoms with Crippen molar-refractivity contribution in [3.05, 3.63) is 24.0 Å². The van der Waals surface area contributed by atoms with Crippen LogP contribution in [0.25, 0.3) is 0 Å². The minimum absolute atomic E-state index is 0.126. The molecule has 0 saturated heterocycles. The van der Waals surface area contributed by atoms with Gasteiger partial charge < -0.3 is 5.73 Å². The number of hydrogen-bond donors (Lipinski definition) is 1. The summed E-state index contributed by atoms with van der Waals surface area (Å²) in [5.74, 6) is -0.989. The van der Waals surface area contributed by atoms with Crippen molar-refractivity contribution >= 4 is 19.9 Å². The summed E-state index contributed by atoms with van der Waals surface area (Å²) in [6.45, 7) is 0.424. The van der Waals surface area contributed by atoms with Gasteiger partial charge in [-0.1, -0.05) is 0 Å². The molecule has 0 spiro atoms. The summed E-state index contributed by atoms with van der Waals surface area (Å²) in [5, 5.41) is 0. The second-order valence-electron chi connectivity index (χ2n) is 4.33. The Labute approximate surface area is 118 Å². The maximum absolute atomic E-state index is 13.7. The molecule has 0 fully saturated rings. The SMILES string of the molecule is CN(CCCN)S(=O)(=O)c1cc(S(C)(=O)=O)ccc1F. The summed E-state index contributed by atoms with van der Waals surface area (Å²) in [6.07, 6.45) is 1.35. The summed E-state index contributed by atoms with van der Waals surface area (Å²) in [7, 11) is -6.41. The van der Waals surface area contributed by atoms with Crippen LogP contribution in [0.2, 0.25) is 0 Å². The maximum Gasteiger partial charge on any atom is 0.245 e. The summed E-state index contributed by atoms with van der Waals surface area (Å²) in [5.41, 5.74) is 5.30. The van der Waals surface area contributed by atoms with Gasteiger partial charge in [0.25, 0.3) is 0 Å². The first-order valence-corrected chi connectivity index (χ1v) is 9.10. The third-order valence-electron chi connectivity index (χ3n) is 2.70. The zero-order valence-electron chi connectivity index (χ0n) is 11.2. The molecule has 1 aromatic carbocycles. The largest absolute Gasteiger partial charge is 0.330 e. The van der Waals surface area contributed by atoms with Crippen molar-refractivity contribution in [2.24, 2.45) is 5.73 Å². The molecule has 0 amide bonds. The molecule has 0 aliphatic rings. The monoisotopic (exact) mass is 324 g/mol. The van der Waals surface area contributed by atoms with Crippen LogP contribution in [0.3, 0.4) is 0 Å². The van der Waals surface area contributed by atoms with Crippen LogP contribution in [0.15, 0.2) is 28.0 Å². The Balaban J connectivity index is 3.31. The van der Waals surface area contributed by atoms with Crippen molar-refractivity contribution in [1.29, 1.82) is 0 Å². The minimum atomic E-state index is -4.09. The summed E-state index contributed by atoms with van der Waals surface area (Å²) in [4.78, 5) is -0.898. The van der Waals surface area contributed by atoms with Gasteiger partial charge >= 0.3 is 0 Å². The first kappa shape index (κ1) is 17.0. The predicted molar refractivity (Wildman–Crippen MR) is 73.0 cm³/mol. The van der Waals surface area contributed by atoms with E-state index >= 15 is 0 Å². The van der Waals surface area contributed by atoms with Crippen LogP contribution in [0, 0.1) is 5.82 Å². The molecular weight excluding hydrogens is 307 g/mol. The number of hydrogen-bond acceptors (Lipinski definition) is 5. The Morgan fingerprint density at radius 1 is 1.25 bits per heavy atom. The Kier molecular flexibility index (Phi) is 5.25. The molecule has 0 aliphatic carbocycles. The quantitative estimate of drug-likeness (QED) is 0.754. The van der Waals surface area contributed by atoms with E-state index in [1.165, 1.54) is 7.05 Å². The average Bonchev–Trinajstić information content (AvgIpc) is 2.34. The van der Waals surface area contributed by atoms with Gasteiger partial charge in [-0.25, -0.2) is 25.5 Å². The number of halogens is 1. The predicted octanol–water partition coefficient (Wildman–Crippen LogP) is 0.199. The number of sulfone groups is 1. The lowest BCUT2D eigenvalue weighted by Crippen LogP contribution is -2.30. The van der Waals surface area contributed by atoms with Gasteiger partial charge in [0, 0.05) is 19.8 Å². The molecule has 0 bridgehead atoms. The molecule has 0 radical (unpaired) electrons. The van der Waals surface area contributed by atoms with Crippen molar-refractivity contribution in [3.63, 3.8) is 0 Å². The standard InChI is InChI=1S/C11H17FN2O4S2/c1-14(7-3-6-13)20(17,18)11-8-9(19(2,15)16)4-5-10(11)12/h4-5,8H,3,6-7,13H2,1-2H3. The Morgan fingerprint density at radius 3 is 2.35 bits per heavy atom. The molecule has 1 aromatic rings. The highest BCUT2D eigenvalue weighted by Gasteiger charge is 2.25. The van der Waals surface area contributed by atoms with Gasteiger partial charge in [0.15, 0.2) is 9.84 Å². The maximum atomic E-state index is 13.7. The van der Waals surface area contributed by atoms with E-state index in [1.54, 1.807) is 0 Å². The van der Waals surface area contributed by atoms with Crippen LogP contribution in [0.1, 0.15) is 6.42 Å². The molecule has 6 nitrogen and oxygen atoms in total. The minimum Gasteiger partial charge on any atom is -0.330 e. The van der Waals surface area contributed by atoms with E-state index in [4.69, 9.17) is 5.73 Å². The Hall–Kier alpha value is -1.03. The van der Waals surface area contributed by atoms with E-state index in [0.717, 1.165) is 28.8 Å². The number of nitrogens with zero attached hydrogens (tertiary/aromatic N) is 1. The van der Waals surface area contributed by atoms with Crippen LogP contribution < -0.4 is 5.73 Å². The van der Waals surface area contributed by atoms with E-state index in [2.05, 4.69) is 0 Å². The van der Waals surface area contributed by atoms with Crippen LogP contribution in [0.5, 0.6) is 0 Å². The molecular formula is C11H17FN2O4S2. The van der Waals surface area contributed by atoms with E-state index in [0.29, 0.717) is 13.0 Å². The average molecular weight is 324 g/mol. The molecule has 1 rings (SSSR count). The highest BCUT2D eigenvalue weighted by molar-refractivity contribution is 7.91. The van der Waals surface area contributed by atoms with Gasteiger partial charge in [-0.2, -0.15) is 0 Å². The van der Waals surface area contributed by atoms with Gasteiger partial charge in [-0.3, -0.25) is 0 Å². The molecule has 0 aromatic heterocycles. The van der Waals surface area contributed by atoms with Crippen LogP contribution in [-0.2, 0) is 19.9 Å². The van der Waals surface area contributed by atoms with Gasteiger partial charge in [0.05, 0.1) is 4.90 Å². The lowest BCUT2D eigenvalue weighted by Gasteiger charge is -2.17. The first-order chi connectivity index (χ1) is 9.10. The number of rotatable bonds is 6. The van der Waals surface area contributed by atoms with Crippen LogP contribution >= 0.6 is 0 Å². The molecule has 0 saturated carbocycles. The molecule has 0 aliphatic heterocycles. The summed E-state index contributed by atoms with van der Waals surface area (Å²) < 4.78 is 61.9. The van der Waals surface area contributed by atoms with Gasteiger partial charge in [-0.15, -0.1) is 0 Å². The van der Waals surface area contributed by atoms with Gasteiger partial charge in [0.2, 0.25) is 10.0 Å². The molecule has 20 heavy (non-hydrogen) atoms. The third kappa shape index (κ3) is 3.75. The van der Waals surface area contributed by atoms with Crippen LogP contribution in [-0.4, -0.2) is 47.5 Å². The molecule has 0 unspecified atom stereocenters. The fourth-order valence-electron chi connectivity index (χ4n) is 1.51. The van der Waals surface area contributed by atoms with Gasteiger partial charge in [-0.05, 0) is 31.2 Å². The molecule has 2 N–H and O–H groups in total. The van der Waals surface area contributed by atoms with Crippen molar-refractivity contribution < 1.29 is 21.2 Å². The van der Waals surface area contributed by atoms with Crippen molar-refractivity contribution in [2.45, 2.75) is 16.2 Å². The topological polar surface area (TPSA) is 97.5 Å². The van der Waals surface area contributed by atoms with E-state index in [9.17, 15) is 21.2 Å². The zero-order chi connectivity index (χ0) is 15.6. The number of nitrogens with two attached hydrogens (primary N) is 1. The van der Waals surface area contributed by atoms with Crippen molar-refractivity contribution in [1.82, 2.24) is 4.31 Å². The lowest BCUT2D eigenvalue weighted by atomic mass is 10.3. The van der Waals surface area contributed by atoms with Crippen molar-refractivity contribution in [2.75, 3.05) is 26.4 Å². The zero-order valence-corrected chi connectivity index (χ0v) is 12.8.